The Bertz CT molecular complexity index is 118. The predicted molar refractivity (Wildman–Crippen MR) is 40.0 cm³/mol. The summed E-state index contributed by atoms with van der Waals surface area (Å²) >= 11 is 0. The van der Waals surface area contributed by atoms with Gasteiger partial charge in [0.1, 0.15) is 0 Å². The van der Waals surface area contributed by atoms with Crippen LogP contribution in [0, 0.1) is 0 Å². The van der Waals surface area contributed by atoms with E-state index in [4.69, 9.17) is 16.6 Å². The number of carboxylic acid groups (broad SMARTS) is 1. The summed E-state index contributed by atoms with van der Waals surface area (Å²) in [5.41, 5.74) is 10.5. The Balaban J connectivity index is 3.22. The van der Waals surface area contributed by atoms with Crippen molar-refractivity contribution in [1.29, 1.82) is 0 Å². The molecular weight excluding hydrogens is 148 g/mol. The topological polar surface area (TPSA) is 98.6 Å². The smallest absolute Gasteiger partial charge is 0.450 e. The van der Waals surface area contributed by atoms with Crippen molar-refractivity contribution in [3.63, 3.8) is 0 Å². The molecule has 0 aliphatic rings. The van der Waals surface area contributed by atoms with Crippen LogP contribution < -0.4 is 11.5 Å². The summed E-state index contributed by atoms with van der Waals surface area (Å²) in [6.07, 6.45) is 0.134. The van der Waals surface area contributed by atoms with Gasteiger partial charge >= 0.3 is 6.16 Å². The third-order valence-electron chi connectivity index (χ3n) is 1.19. The second kappa shape index (κ2) is 5.94. The zero-order chi connectivity index (χ0) is 8.69. The SMILES string of the molecule is NCCCCC(N)OC(=O)O. The quantitative estimate of drug-likeness (QED) is 0.302. The van der Waals surface area contributed by atoms with Gasteiger partial charge in [-0.15, -0.1) is 0 Å². The number of hydrogen-bond acceptors (Lipinski definition) is 4. The molecule has 1 unspecified atom stereocenters. The molecule has 0 bridgehead atoms. The highest BCUT2D eigenvalue weighted by Gasteiger charge is 2.05. The first-order chi connectivity index (χ1) is 5.16. The fraction of sp³-hybridized carbons (Fsp3) is 0.833. The summed E-state index contributed by atoms with van der Waals surface area (Å²) < 4.78 is 4.25. The monoisotopic (exact) mass is 162 g/mol. The van der Waals surface area contributed by atoms with E-state index < -0.39 is 12.4 Å². The average Bonchev–Trinajstić information content (AvgIpc) is 1.86. The first-order valence-corrected chi connectivity index (χ1v) is 3.52. The summed E-state index contributed by atoms with van der Waals surface area (Å²) in [7, 11) is 0. The Hall–Kier alpha value is -0.810. The molecule has 0 amide bonds. The summed E-state index contributed by atoms with van der Waals surface area (Å²) in [4.78, 5) is 9.92. The van der Waals surface area contributed by atoms with E-state index in [1.807, 2.05) is 0 Å². The minimum Gasteiger partial charge on any atom is -0.450 e. The van der Waals surface area contributed by atoms with E-state index >= 15 is 0 Å². The lowest BCUT2D eigenvalue weighted by atomic mass is 10.2. The van der Waals surface area contributed by atoms with E-state index in [-0.39, 0.29) is 0 Å². The van der Waals surface area contributed by atoms with Gasteiger partial charge in [0, 0.05) is 0 Å². The van der Waals surface area contributed by atoms with E-state index in [0.717, 1.165) is 12.8 Å². The number of hydrogen-bond donors (Lipinski definition) is 3. The molecule has 0 saturated heterocycles. The van der Waals surface area contributed by atoms with Crippen LogP contribution >= 0.6 is 0 Å². The summed E-state index contributed by atoms with van der Waals surface area (Å²) in [5, 5.41) is 8.11. The van der Waals surface area contributed by atoms with Crippen LogP contribution in [0.25, 0.3) is 0 Å². The Labute approximate surface area is 65.3 Å². The van der Waals surface area contributed by atoms with Gasteiger partial charge in [0.05, 0.1) is 0 Å². The third kappa shape index (κ3) is 7.08. The van der Waals surface area contributed by atoms with Crippen molar-refractivity contribution in [2.24, 2.45) is 11.5 Å². The molecule has 0 radical (unpaired) electrons. The number of unbranched alkanes of at least 4 members (excludes halogenated alkanes) is 1. The second-order valence-electron chi connectivity index (χ2n) is 2.21. The fourth-order valence-electron chi connectivity index (χ4n) is 0.678. The molecule has 0 rings (SSSR count). The van der Waals surface area contributed by atoms with Gasteiger partial charge in [0.15, 0.2) is 6.23 Å². The van der Waals surface area contributed by atoms with E-state index in [9.17, 15) is 4.79 Å². The molecule has 0 aliphatic carbocycles. The molecule has 0 aromatic carbocycles. The molecule has 66 valence electrons. The first-order valence-electron chi connectivity index (χ1n) is 3.52. The molecule has 5 nitrogen and oxygen atoms in total. The predicted octanol–water partition coefficient (Wildman–Crippen LogP) is 0.0948. The van der Waals surface area contributed by atoms with Crippen molar-refractivity contribution in [1.82, 2.24) is 0 Å². The van der Waals surface area contributed by atoms with Crippen molar-refractivity contribution in [3.8, 4) is 0 Å². The van der Waals surface area contributed by atoms with Gasteiger partial charge in [0.2, 0.25) is 0 Å². The van der Waals surface area contributed by atoms with Crippen molar-refractivity contribution >= 4 is 6.16 Å². The highest BCUT2D eigenvalue weighted by atomic mass is 16.7. The van der Waals surface area contributed by atoms with Gasteiger partial charge in [-0.25, -0.2) is 4.79 Å². The lowest BCUT2D eigenvalue weighted by molar-refractivity contribution is 0.0500. The number of rotatable bonds is 5. The minimum atomic E-state index is -1.33. The second-order valence-corrected chi connectivity index (χ2v) is 2.21. The van der Waals surface area contributed by atoms with Gasteiger partial charge in [-0.2, -0.15) is 0 Å². The summed E-state index contributed by atoms with van der Waals surface area (Å²) in [6, 6.07) is 0. The zero-order valence-corrected chi connectivity index (χ0v) is 6.32. The maximum absolute atomic E-state index is 9.92. The molecule has 11 heavy (non-hydrogen) atoms. The Morgan fingerprint density at radius 3 is 2.64 bits per heavy atom. The minimum absolute atomic E-state index is 0.531. The Morgan fingerprint density at radius 2 is 2.18 bits per heavy atom. The van der Waals surface area contributed by atoms with Crippen molar-refractivity contribution in [2.45, 2.75) is 25.5 Å². The van der Waals surface area contributed by atoms with Crippen molar-refractivity contribution in [2.75, 3.05) is 6.54 Å². The van der Waals surface area contributed by atoms with Gasteiger partial charge in [-0.1, -0.05) is 0 Å². The summed E-state index contributed by atoms with van der Waals surface area (Å²) in [5.74, 6) is 0. The summed E-state index contributed by atoms with van der Waals surface area (Å²) in [6.45, 7) is 0.597. The molecular formula is C6H14N2O3. The molecule has 5 N–H and O–H groups in total. The fourth-order valence-corrected chi connectivity index (χ4v) is 0.678. The molecule has 0 aromatic rings. The van der Waals surface area contributed by atoms with Crippen molar-refractivity contribution in [3.05, 3.63) is 0 Å². The van der Waals surface area contributed by atoms with Crippen LogP contribution in [0.5, 0.6) is 0 Å². The number of ether oxygens (including phenoxy) is 1. The normalized spacial score (nSPS) is 12.5. The van der Waals surface area contributed by atoms with E-state index in [1.54, 1.807) is 0 Å². The molecule has 0 fully saturated rings. The van der Waals surface area contributed by atoms with Gasteiger partial charge in [-0.05, 0) is 25.8 Å². The first kappa shape index (κ1) is 10.2. The van der Waals surface area contributed by atoms with Gasteiger partial charge in [-0.3, -0.25) is 5.73 Å². The van der Waals surface area contributed by atoms with Crippen LogP contribution in [0.1, 0.15) is 19.3 Å². The van der Waals surface area contributed by atoms with Crippen LogP contribution in [-0.2, 0) is 4.74 Å². The van der Waals surface area contributed by atoms with E-state index in [0.29, 0.717) is 13.0 Å². The van der Waals surface area contributed by atoms with Crippen LogP contribution in [0.3, 0.4) is 0 Å². The van der Waals surface area contributed by atoms with E-state index in [1.165, 1.54) is 0 Å². The maximum atomic E-state index is 9.92. The Morgan fingerprint density at radius 1 is 1.55 bits per heavy atom. The third-order valence-corrected chi connectivity index (χ3v) is 1.19. The highest BCUT2D eigenvalue weighted by Crippen LogP contribution is 1.98. The number of nitrogens with two attached hydrogens (primary N) is 2. The molecule has 0 spiro atoms. The van der Waals surface area contributed by atoms with Crippen LogP contribution in [0.15, 0.2) is 0 Å². The molecule has 0 aliphatic heterocycles. The largest absolute Gasteiger partial charge is 0.507 e. The zero-order valence-electron chi connectivity index (χ0n) is 6.32. The molecule has 0 saturated carbocycles. The van der Waals surface area contributed by atoms with Crippen LogP contribution in [0.4, 0.5) is 4.79 Å². The lowest BCUT2D eigenvalue weighted by Gasteiger charge is -2.08. The van der Waals surface area contributed by atoms with Gasteiger partial charge in [0.25, 0.3) is 0 Å². The van der Waals surface area contributed by atoms with Crippen molar-refractivity contribution < 1.29 is 14.6 Å². The molecule has 1 atom stereocenters. The Kier molecular flexibility index (Phi) is 5.50. The molecule has 0 aromatic heterocycles. The van der Waals surface area contributed by atoms with Gasteiger partial charge < -0.3 is 15.6 Å². The maximum Gasteiger partial charge on any atom is 0.507 e. The number of carbonyl (C=O) groups is 1. The average molecular weight is 162 g/mol. The lowest BCUT2D eigenvalue weighted by Crippen LogP contribution is -2.26. The van der Waals surface area contributed by atoms with E-state index in [2.05, 4.69) is 4.74 Å². The highest BCUT2D eigenvalue weighted by molar-refractivity contribution is 5.56. The van der Waals surface area contributed by atoms with Crippen LogP contribution in [-0.4, -0.2) is 24.0 Å². The standard InChI is InChI=1S/C6H14N2O3/c7-4-2-1-3-5(8)11-6(9)10/h5H,1-4,7-8H2,(H,9,10). The molecule has 5 heteroatoms. The van der Waals surface area contributed by atoms with Crippen LogP contribution in [0.2, 0.25) is 0 Å². The molecule has 0 heterocycles.